The Morgan fingerprint density at radius 2 is 0.778 bits per heavy atom. The van der Waals surface area contributed by atoms with E-state index in [9.17, 15) is 9.59 Å². The molecule has 0 atom stereocenters. The normalized spacial score (nSPS) is 10.7. The fourth-order valence-corrected chi connectivity index (χ4v) is 4.73. The van der Waals surface area contributed by atoms with Gasteiger partial charge in [-0.2, -0.15) is 0 Å². The van der Waals surface area contributed by atoms with Crippen LogP contribution in [-0.4, -0.2) is 132 Å². The molecule has 0 amide bonds. The molecule has 0 aromatic carbocycles. The maximum Gasteiger partial charge on any atom is 0.338 e. The molecule has 0 spiro atoms. The molecule has 0 bridgehead atoms. The van der Waals surface area contributed by atoms with Gasteiger partial charge in [-0.1, -0.05) is 51.1 Å². The third-order valence-corrected chi connectivity index (χ3v) is 7.98. The summed E-state index contributed by atoms with van der Waals surface area (Å²) in [5.41, 5.74) is 8.41. The zero-order chi connectivity index (χ0) is 39.7. The largest absolute Gasteiger partial charge is 0.460 e. The van der Waals surface area contributed by atoms with Crippen molar-refractivity contribution in [2.24, 2.45) is 0 Å². The summed E-state index contributed by atoms with van der Waals surface area (Å²) in [6.07, 6.45) is 0. The topological polar surface area (TPSA) is 134 Å². The number of aromatic nitrogens is 2. The van der Waals surface area contributed by atoms with Gasteiger partial charge in [0, 0.05) is 14.2 Å². The Balaban J connectivity index is 2.21. The summed E-state index contributed by atoms with van der Waals surface area (Å²) in [5, 5.41) is 0. The second-order valence-electron chi connectivity index (χ2n) is 13.5. The summed E-state index contributed by atoms with van der Waals surface area (Å²) < 4.78 is 42.3. The van der Waals surface area contributed by atoms with Crippen molar-refractivity contribution in [3.05, 3.63) is 58.2 Å². The van der Waals surface area contributed by atoms with Crippen molar-refractivity contribution < 1.29 is 47.5 Å². The van der Waals surface area contributed by atoms with E-state index in [4.69, 9.17) is 37.9 Å². The summed E-state index contributed by atoms with van der Waals surface area (Å²) >= 11 is 0. The second kappa shape index (κ2) is 25.6. The number of carbonyl (C=O) groups is 2. The molecule has 0 unspecified atom stereocenters. The van der Waals surface area contributed by atoms with Crippen LogP contribution in [0.5, 0.6) is 0 Å². The lowest BCUT2D eigenvalue weighted by atomic mass is 10.2. The molecule has 0 aliphatic rings. The van der Waals surface area contributed by atoms with Gasteiger partial charge >= 0.3 is 11.9 Å². The first-order chi connectivity index (χ1) is 25.8. The van der Waals surface area contributed by atoms with Crippen LogP contribution < -0.4 is 0 Å². The van der Waals surface area contributed by atoms with Gasteiger partial charge < -0.3 is 37.9 Å². The van der Waals surface area contributed by atoms with Gasteiger partial charge in [0.25, 0.3) is 0 Å². The Bertz CT molecular complexity index is 1630. The maximum absolute atomic E-state index is 12.9. The third kappa shape index (κ3) is 22.0. The van der Waals surface area contributed by atoms with Crippen LogP contribution >= 0.6 is 0 Å². The number of hydrogen-bond donors (Lipinski definition) is 0. The van der Waals surface area contributed by atoms with E-state index in [-0.39, 0.29) is 37.6 Å². The molecule has 0 saturated heterocycles. The SMILES string of the molecule is COCCOCCOCCOC(=O)c1cc(C#CC#Cc2cc(C(=O)OCCOCCOCCOC)cc(C#C[Si](C)(C)C)n2)nc(C#C[Si](C)(C)C)c1. The maximum atomic E-state index is 12.9. The van der Waals surface area contributed by atoms with Crippen LogP contribution in [0.25, 0.3) is 0 Å². The lowest BCUT2D eigenvalue weighted by molar-refractivity contribution is 0.00551. The van der Waals surface area contributed by atoms with Gasteiger partial charge in [0.05, 0.1) is 77.2 Å². The first-order valence-corrected chi connectivity index (χ1v) is 24.6. The average molecular weight is 777 g/mol. The van der Waals surface area contributed by atoms with Crippen LogP contribution in [0.15, 0.2) is 24.3 Å². The van der Waals surface area contributed by atoms with Crippen LogP contribution in [-0.2, 0) is 37.9 Å². The van der Waals surface area contributed by atoms with Crippen molar-refractivity contribution >= 4 is 28.1 Å². The van der Waals surface area contributed by atoms with Gasteiger partial charge in [0.2, 0.25) is 0 Å². The van der Waals surface area contributed by atoms with Gasteiger partial charge in [0.15, 0.2) is 0 Å². The highest BCUT2D eigenvalue weighted by Crippen LogP contribution is 2.10. The first-order valence-electron chi connectivity index (χ1n) is 17.6. The smallest absolute Gasteiger partial charge is 0.338 e. The van der Waals surface area contributed by atoms with E-state index in [0.29, 0.717) is 75.6 Å². The number of pyridine rings is 2. The Kier molecular flexibility index (Phi) is 21.8. The van der Waals surface area contributed by atoms with Gasteiger partial charge in [-0.15, -0.1) is 11.1 Å². The molecule has 290 valence electrons. The summed E-state index contributed by atoms with van der Waals surface area (Å²) in [6.45, 7) is 16.8. The molecule has 0 aliphatic heterocycles. The van der Waals surface area contributed by atoms with Crippen LogP contribution in [0, 0.1) is 46.6 Å². The van der Waals surface area contributed by atoms with Crippen molar-refractivity contribution in [1.82, 2.24) is 9.97 Å². The molecule has 2 aromatic rings. The van der Waals surface area contributed by atoms with Gasteiger partial charge in [-0.25, -0.2) is 19.6 Å². The molecule has 0 saturated carbocycles. The lowest BCUT2D eigenvalue weighted by Gasteiger charge is -2.08. The Morgan fingerprint density at radius 1 is 0.481 bits per heavy atom. The standard InChI is InChI=1S/C40H52N2O10Si2/c1-45-15-17-47-19-21-49-23-25-51-39(43)33-29-35(41-37(31-33)13-27-53(3,4)5)11-9-10-12-36-30-34(32-38(42-36)14-28-54(6,7)8)40(44)52-26-24-50-22-20-48-18-16-46-2/h29-32H,15-26H2,1-8H3. The molecular weight excluding hydrogens is 725 g/mol. The molecule has 0 fully saturated rings. The van der Waals surface area contributed by atoms with E-state index in [1.807, 2.05) is 0 Å². The van der Waals surface area contributed by atoms with E-state index < -0.39 is 28.1 Å². The molecule has 2 aromatic heterocycles. The molecule has 14 heteroatoms. The molecule has 12 nitrogen and oxygen atoms in total. The minimum Gasteiger partial charge on any atom is -0.460 e. The minimum absolute atomic E-state index is 0.0600. The zero-order valence-corrected chi connectivity index (χ0v) is 34.8. The minimum atomic E-state index is -1.74. The van der Waals surface area contributed by atoms with Crippen molar-refractivity contribution in [1.29, 1.82) is 0 Å². The summed E-state index contributed by atoms with van der Waals surface area (Å²) in [6, 6.07) is 6.22. The average Bonchev–Trinajstić information content (AvgIpc) is 3.12. The van der Waals surface area contributed by atoms with Crippen molar-refractivity contribution in [2.75, 3.05) is 93.5 Å². The second-order valence-corrected chi connectivity index (χ2v) is 23.0. The highest BCUT2D eigenvalue weighted by atomic mass is 28.3. The number of hydrogen-bond acceptors (Lipinski definition) is 12. The molecule has 54 heavy (non-hydrogen) atoms. The van der Waals surface area contributed by atoms with Gasteiger partial charge in [-0.05, 0) is 47.9 Å². The number of esters is 2. The molecular formula is C40H52N2O10Si2. The Morgan fingerprint density at radius 3 is 1.09 bits per heavy atom. The number of rotatable bonds is 20. The number of ether oxygens (including phenoxy) is 8. The van der Waals surface area contributed by atoms with Gasteiger partial charge in [0.1, 0.15) is 52.1 Å². The number of nitrogens with zero attached hydrogens (tertiary/aromatic N) is 2. The molecule has 0 N–H and O–H groups in total. The Hall–Kier alpha value is -4.33. The summed E-state index contributed by atoms with van der Waals surface area (Å²) in [5.74, 6) is 16.4. The van der Waals surface area contributed by atoms with E-state index in [1.54, 1.807) is 26.4 Å². The van der Waals surface area contributed by atoms with Crippen LogP contribution in [0.2, 0.25) is 39.3 Å². The molecule has 2 rings (SSSR count). The summed E-state index contributed by atoms with van der Waals surface area (Å²) in [7, 11) is -0.265. The van der Waals surface area contributed by atoms with Crippen LogP contribution in [0.1, 0.15) is 43.5 Å². The third-order valence-electron chi connectivity index (χ3n) is 6.23. The van der Waals surface area contributed by atoms with Crippen LogP contribution in [0.3, 0.4) is 0 Å². The fraction of sp³-hybridized carbons (Fsp3) is 0.500. The number of carbonyl (C=O) groups excluding carboxylic acids is 2. The van der Waals surface area contributed by atoms with E-state index >= 15 is 0 Å². The number of methoxy groups -OCH3 is 2. The molecule has 2 heterocycles. The van der Waals surface area contributed by atoms with E-state index in [0.717, 1.165) is 0 Å². The van der Waals surface area contributed by atoms with Crippen molar-refractivity contribution in [2.45, 2.75) is 39.3 Å². The monoisotopic (exact) mass is 776 g/mol. The van der Waals surface area contributed by atoms with E-state index in [1.165, 1.54) is 12.1 Å². The van der Waals surface area contributed by atoms with Crippen LogP contribution in [0.4, 0.5) is 0 Å². The van der Waals surface area contributed by atoms with Gasteiger partial charge in [-0.3, -0.25) is 0 Å². The fourth-order valence-electron chi connectivity index (χ4n) is 3.73. The highest BCUT2D eigenvalue weighted by molar-refractivity contribution is 6.84. The van der Waals surface area contributed by atoms with E-state index in [2.05, 4.69) is 95.9 Å². The van der Waals surface area contributed by atoms with Crippen molar-refractivity contribution in [3.8, 4) is 46.6 Å². The highest BCUT2D eigenvalue weighted by Gasteiger charge is 2.14. The Labute approximate surface area is 322 Å². The first kappa shape index (κ1) is 45.8. The lowest BCUT2D eigenvalue weighted by Crippen LogP contribution is -2.16. The molecule has 0 radical (unpaired) electrons. The predicted octanol–water partition coefficient (Wildman–Crippen LogP) is 4.01. The zero-order valence-electron chi connectivity index (χ0n) is 32.8. The molecule has 0 aliphatic carbocycles. The van der Waals surface area contributed by atoms with Crippen molar-refractivity contribution in [3.63, 3.8) is 0 Å². The summed E-state index contributed by atoms with van der Waals surface area (Å²) in [4.78, 5) is 34.9. The quantitative estimate of drug-likeness (QED) is 0.0833. The predicted molar refractivity (Wildman–Crippen MR) is 210 cm³/mol.